The summed E-state index contributed by atoms with van der Waals surface area (Å²) in [5.74, 6) is -0.350. The lowest BCUT2D eigenvalue weighted by atomic mass is 10.4. The Morgan fingerprint density at radius 2 is 2.47 bits per heavy atom. The smallest absolute Gasteiger partial charge is 0.360 e. The predicted octanol–water partition coefficient (Wildman–Crippen LogP) is 0.0926. The Morgan fingerprint density at radius 3 is 3.07 bits per heavy atom. The van der Waals surface area contributed by atoms with Crippen molar-refractivity contribution >= 4 is 23.3 Å². The number of carbonyl (C=O) groups is 1. The maximum atomic E-state index is 11.2. The number of rotatable bonds is 2. The summed E-state index contributed by atoms with van der Waals surface area (Å²) in [6, 6.07) is 0. The Morgan fingerprint density at radius 1 is 1.67 bits per heavy atom. The number of nitrogens with zero attached hydrogens (tertiary/aromatic N) is 4. The Labute approximate surface area is 88.7 Å². The van der Waals surface area contributed by atoms with Crippen molar-refractivity contribution in [2.75, 3.05) is 12.8 Å². The molecule has 2 rings (SSSR count). The molecule has 78 valence electrons. The zero-order valence-electron chi connectivity index (χ0n) is 7.75. The van der Waals surface area contributed by atoms with E-state index in [1.807, 2.05) is 0 Å². The van der Waals surface area contributed by atoms with Crippen LogP contribution in [0.15, 0.2) is 12.5 Å². The van der Waals surface area contributed by atoms with E-state index in [0.717, 1.165) is 11.5 Å². The second-order valence-corrected chi connectivity index (χ2v) is 3.36. The van der Waals surface area contributed by atoms with E-state index < -0.39 is 5.97 Å². The summed E-state index contributed by atoms with van der Waals surface area (Å²) in [7, 11) is 1.27. The average Bonchev–Trinajstić information content (AvgIpc) is 2.85. The van der Waals surface area contributed by atoms with Gasteiger partial charge in [-0.05, 0) is 0 Å². The van der Waals surface area contributed by atoms with Gasteiger partial charge in [-0.3, -0.25) is 4.57 Å². The first kappa shape index (κ1) is 9.59. The number of esters is 1. The van der Waals surface area contributed by atoms with Gasteiger partial charge in [-0.15, -0.1) is 5.10 Å². The predicted molar refractivity (Wildman–Crippen MR) is 52.8 cm³/mol. The third-order valence-electron chi connectivity index (χ3n) is 1.77. The quantitative estimate of drug-likeness (QED) is 0.728. The fourth-order valence-electron chi connectivity index (χ4n) is 1.06. The highest BCUT2D eigenvalue weighted by molar-refractivity contribution is 7.08. The van der Waals surface area contributed by atoms with Gasteiger partial charge in [0.2, 0.25) is 0 Å². The molecule has 0 aliphatic carbocycles. The highest BCUT2D eigenvalue weighted by Gasteiger charge is 2.17. The fourth-order valence-corrected chi connectivity index (χ4v) is 1.56. The molecule has 0 bridgehead atoms. The standard InChI is InChI=1S/C7H7N5O2S/c1-14-7(13)5-6(8)12(3-9-5)4-2-10-11-15-4/h2-3H,8H2,1H3. The van der Waals surface area contributed by atoms with E-state index in [2.05, 4.69) is 19.3 Å². The molecule has 0 amide bonds. The van der Waals surface area contributed by atoms with Crippen molar-refractivity contribution in [3.63, 3.8) is 0 Å². The summed E-state index contributed by atoms with van der Waals surface area (Å²) in [6.07, 6.45) is 2.96. The number of carbonyl (C=O) groups excluding carboxylic acids is 1. The number of nitrogens with two attached hydrogens (primary N) is 1. The normalized spacial score (nSPS) is 10.2. The van der Waals surface area contributed by atoms with E-state index in [0.29, 0.717) is 5.00 Å². The molecule has 0 radical (unpaired) electrons. The molecule has 7 nitrogen and oxygen atoms in total. The SMILES string of the molecule is COC(=O)c1ncn(-c2cnns2)c1N. The fraction of sp³-hybridized carbons (Fsp3) is 0.143. The van der Waals surface area contributed by atoms with Crippen molar-refractivity contribution in [2.45, 2.75) is 0 Å². The van der Waals surface area contributed by atoms with Crippen LogP contribution in [0.25, 0.3) is 5.00 Å². The van der Waals surface area contributed by atoms with E-state index >= 15 is 0 Å². The van der Waals surface area contributed by atoms with Crippen LogP contribution in [0.3, 0.4) is 0 Å². The monoisotopic (exact) mass is 225 g/mol. The summed E-state index contributed by atoms with van der Waals surface area (Å²) in [6.45, 7) is 0. The minimum atomic E-state index is -0.566. The van der Waals surface area contributed by atoms with E-state index in [9.17, 15) is 4.79 Å². The number of ether oxygens (including phenoxy) is 1. The molecule has 0 saturated carbocycles. The first-order chi connectivity index (χ1) is 7.24. The number of hydrogen-bond donors (Lipinski definition) is 1. The van der Waals surface area contributed by atoms with Gasteiger partial charge in [0.05, 0.1) is 13.3 Å². The van der Waals surface area contributed by atoms with Crippen LogP contribution in [0.4, 0.5) is 5.82 Å². The Bertz CT molecular complexity index is 478. The molecule has 0 saturated heterocycles. The highest BCUT2D eigenvalue weighted by atomic mass is 32.1. The van der Waals surface area contributed by atoms with Gasteiger partial charge >= 0.3 is 5.97 Å². The van der Waals surface area contributed by atoms with Crippen molar-refractivity contribution in [1.29, 1.82) is 0 Å². The molecule has 2 N–H and O–H groups in total. The Kier molecular flexibility index (Phi) is 2.34. The topological polar surface area (TPSA) is 95.9 Å². The molecule has 0 aliphatic rings. The minimum absolute atomic E-state index is 0.0888. The van der Waals surface area contributed by atoms with E-state index in [1.165, 1.54) is 24.2 Å². The van der Waals surface area contributed by atoms with Gasteiger partial charge in [0.25, 0.3) is 0 Å². The van der Waals surface area contributed by atoms with Crippen LogP contribution in [-0.4, -0.2) is 32.2 Å². The third-order valence-corrected chi connectivity index (χ3v) is 2.44. The van der Waals surface area contributed by atoms with Gasteiger partial charge in [0.1, 0.15) is 17.1 Å². The lowest BCUT2D eigenvalue weighted by Gasteiger charge is -1.99. The van der Waals surface area contributed by atoms with Crippen LogP contribution in [0.2, 0.25) is 0 Å². The van der Waals surface area contributed by atoms with Crippen molar-refractivity contribution < 1.29 is 9.53 Å². The Hall–Kier alpha value is -1.96. The summed E-state index contributed by atoms with van der Waals surface area (Å²) in [5.41, 5.74) is 5.81. The van der Waals surface area contributed by atoms with Gasteiger partial charge in [0.15, 0.2) is 5.69 Å². The number of aromatic nitrogens is 4. The highest BCUT2D eigenvalue weighted by Crippen LogP contribution is 2.18. The summed E-state index contributed by atoms with van der Waals surface area (Å²) in [4.78, 5) is 15.1. The summed E-state index contributed by atoms with van der Waals surface area (Å²) < 4.78 is 9.74. The molecule has 0 aliphatic heterocycles. The average molecular weight is 225 g/mol. The van der Waals surface area contributed by atoms with Crippen LogP contribution in [0.5, 0.6) is 0 Å². The Balaban J connectivity index is 2.45. The van der Waals surface area contributed by atoms with Gasteiger partial charge in [0, 0.05) is 11.5 Å². The van der Waals surface area contributed by atoms with Crippen LogP contribution < -0.4 is 5.73 Å². The molecule has 0 fully saturated rings. The lowest BCUT2D eigenvalue weighted by molar-refractivity contribution is 0.0596. The molecule has 0 atom stereocenters. The van der Waals surface area contributed by atoms with E-state index in [4.69, 9.17) is 5.73 Å². The number of methoxy groups -OCH3 is 1. The summed E-state index contributed by atoms with van der Waals surface area (Å²) >= 11 is 1.15. The number of imidazole rings is 1. The van der Waals surface area contributed by atoms with Crippen molar-refractivity contribution in [1.82, 2.24) is 19.1 Å². The minimum Gasteiger partial charge on any atom is -0.464 e. The van der Waals surface area contributed by atoms with Gasteiger partial charge in [-0.25, -0.2) is 9.78 Å². The first-order valence-corrected chi connectivity index (χ1v) is 4.70. The molecule has 2 aromatic heterocycles. The number of anilines is 1. The molecule has 2 aromatic rings. The van der Waals surface area contributed by atoms with Crippen LogP contribution in [0, 0.1) is 0 Å². The molecule has 8 heteroatoms. The lowest BCUT2D eigenvalue weighted by Crippen LogP contribution is -2.07. The summed E-state index contributed by atoms with van der Waals surface area (Å²) in [5, 5.41) is 4.35. The van der Waals surface area contributed by atoms with Gasteiger partial charge < -0.3 is 10.5 Å². The number of hydrogen-bond acceptors (Lipinski definition) is 7. The molecular weight excluding hydrogens is 218 g/mol. The largest absolute Gasteiger partial charge is 0.464 e. The number of nitrogen functional groups attached to an aromatic ring is 1. The van der Waals surface area contributed by atoms with Crippen molar-refractivity contribution in [2.24, 2.45) is 0 Å². The second kappa shape index (κ2) is 3.65. The van der Waals surface area contributed by atoms with Crippen molar-refractivity contribution in [3.8, 4) is 5.00 Å². The van der Waals surface area contributed by atoms with Crippen LogP contribution in [-0.2, 0) is 4.74 Å². The molecule has 2 heterocycles. The molecule has 0 unspecified atom stereocenters. The molecule has 0 aromatic carbocycles. The molecule has 0 spiro atoms. The first-order valence-electron chi connectivity index (χ1n) is 3.93. The maximum absolute atomic E-state index is 11.2. The van der Waals surface area contributed by atoms with Gasteiger partial charge in [-0.2, -0.15) is 0 Å². The third kappa shape index (κ3) is 1.54. The van der Waals surface area contributed by atoms with Gasteiger partial charge in [-0.1, -0.05) is 4.49 Å². The molecular formula is C7H7N5O2S. The van der Waals surface area contributed by atoms with E-state index in [-0.39, 0.29) is 11.5 Å². The zero-order chi connectivity index (χ0) is 10.8. The van der Waals surface area contributed by atoms with E-state index in [1.54, 1.807) is 0 Å². The molecule has 15 heavy (non-hydrogen) atoms. The zero-order valence-corrected chi connectivity index (χ0v) is 8.56. The van der Waals surface area contributed by atoms with Crippen LogP contribution >= 0.6 is 11.5 Å². The maximum Gasteiger partial charge on any atom is 0.360 e. The second-order valence-electron chi connectivity index (χ2n) is 2.60. The van der Waals surface area contributed by atoms with Crippen molar-refractivity contribution in [3.05, 3.63) is 18.2 Å². The van der Waals surface area contributed by atoms with Crippen LogP contribution in [0.1, 0.15) is 10.5 Å².